The number of fused-ring (bicyclic) bond motifs is 1. The van der Waals surface area contributed by atoms with Crippen LogP contribution in [0.15, 0.2) is 54.6 Å². The van der Waals surface area contributed by atoms with E-state index in [9.17, 15) is 15.0 Å². The number of benzene rings is 2. The number of para-hydroxylation sites is 2. The molecule has 0 saturated heterocycles. The first-order valence-corrected chi connectivity index (χ1v) is 6.25. The molecule has 0 aliphatic rings. The van der Waals surface area contributed by atoms with E-state index in [1.165, 1.54) is 0 Å². The molecule has 4 heteroatoms. The van der Waals surface area contributed by atoms with Gasteiger partial charge in [0.05, 0.1) is 6.54 Å². The Morgan fingerprint density at radius 1 is 1.05 bits per heavy atom. The molecule has 3 rings (SSSR count). The van der Waals surface area contributed by atoms with Crippen LogP contribution in [0, 0.1) is 0 Å². The van der Waals surface area contributed by atoms with E-state index < -0.39 is 5.97 Å². The van der Waals surface area contributed by atoms with Gasteiger partial charge in [-0.05, 0) is 18.2 Å². The van der Waals surface area contributed by atoms with E-state index in [2.05, 4.69) is 0 Å². The molecule has 0 fully saturated rings. The summed E-state index contributed by atoms with van der Waals surface area (Å²) in [7, 11) is 0. The maximum atomic E-state index is 11.4. The van der Waals surface area contributed by atoms with Crippen LogP contribution in [0.4, 0.5) is 0 Å². The average Bonchev–Trinajstić information content (AvgIpc) is 2.81. The lowest BCUT2D eigenvalue weighted by atomic mass is 10.2. The van der Waals surface area contributed by atoms with Crippen molar-refractivity contribution in [3.05, 3.63) is 65.9 Å². The molecule has 2 N–H and O–H groups in total. The van der Waals surface area contributed by atoms with E-state index in [0.29, 0.717) is 12.1 Å². The molecule has 100 valence electrons. The van der Waals surface area contributed by atoms with Gasteiger partial charge in [0, 0.05) is 16.5 Å². The summed E-state index contributed by atoms with van der Waals surface area (Å²) in [6, 6.07) is 16.1. The van der Waals surface area contributed by atoms with Crippen LogP contribution in [0.1, 0.15) is 16.1 Å². The largest absolute Gasteiger partial charge is 0.508 e. The molecule has 0 bridgehead atoms. The van der Waals surface area contributed by atoms with Crippen molar-refractivity contribution in [3.8, 4) is 5.75 Å². The molecule has 0 aliphatic heterocycles. The number of hydrogen-bond acceptors (Lipinski definition) is 2. The minimum Gasteiger partial charge on any atom is -0.508 e. The summed E-state index contributed by atoms with van der Waals surface area (Å²) in [6.45, 7) is 0.321. The zero-order valence-electron chi connectivity index (χ0n) is 10.7. The third-order valence-electron chi connectivity index (χ3n) is 3.35. The van der Waals surface area contributed by atoms with Gasteiger partial charge in [-0.25, -0.2) is 4.79 Å². The van der Waals surface area contributed by atoms with Gasteiger partial charge in [0.25, 0.3) is 0 Å². The lowest BCUT2D eigenvalue weighted by Gasteiger charge is -2.10. The fourth-order valence-electron chi connectivity index (χ4n) is 2.37. The van der Waals surface area contributed by atoms with Crippen molar-refractivity contribution >= 4 is 16.9 Å². The highest BCUT2D eigenvalue weighted by atomic mass is 16.4. The Labute approximate surface area is 115 Å². The summed E-state index contributed by atoms with van der Waals surface area (Å²) in [5.41, 5.74) is 1.75. The molecule has 0 amide bonds. The van der Waals surface area contributed by atoms with Gasteiger partial charge in [0.1, 0.15) is 11.4 Å². The highest BCUT2D eigenvalue weighted by Gasteiger charge is 2.15. The van der Waals surface area contributed by atoms with Gasteiger partial charge >= 0.3 is 5.97 Å². The van der Waals surface area contributed by atoms with Crippen molar-refractivity contribution in [2.24, 2.45) is 0 Å². The molecule has 0 atom stereocenters. The van der Waals surface area contributed by atoms with Crippen molar-refractivity contribution < 1.29 is 15.0 Å². The standard InChI is InChI=1S/C16H13NO3/c18-15-8-4-2-6-12(15)10-17-13-7-3-1-5-11(13)9-14(17)16(19)20/h1-9,18H,10H2,(H,19,20). The smallest absolute Gasteiger partial charge is 0.352 e. The number of aromatic nitrogens is 1. The monoisotopic (exact) mass is 267 g/mol. The van der Waals surface area contributed by atoms with Crippen molar-refractivity contribution in [2.75, 3.05) is 0 Å². The SMILES string of the molecule is O=C(O)c1cc2ccccc2n1Cc1ccccc1O. The molecule has 0 saturated carbocycles. The summed E-state index contributed by atoms with van der Waals surface area (Å²) in [6.07, 6.45) is 0. The topological polar surface area (TPSA) is 62.5 Å². The molecule has 0 aliphatic carbocycles. The molecule has 0 spiro atoms. The Kier molecular flexibility index (Phi) is 2.91. The van der Waals surface area contributed by atoms with Gasteiger partial charge in [0.2, 0.25) is 0 Å². The molecule has 2 aromatic carbocycles. The van der Waals surface area contributed by atoms with Crippen LogP contribution < -0.4 is 0 Å². The first-order chi connectivity index (χ1) is 9.66. The lowest BCUT2D eigenvalue weighted by Crippen LogP contribution is -2.09. The Morgan fingerprint density at radius 3 is 2.50 bits per heavy atom. The molecule has 3 aromatic rings. The van der Waals surface area contributed by atoms with Gasteiger partial charge in [-0.15, -0.1) is 0 Å². The number of nitrogens with zero attached hydrogens (tertiary/aromatic N) is 1. The zero-order chi connectivity index (χ0) is 14.1. The summed E-state index contributed by atoms with van der Waals surface area (Å²) in [5.74, 6) is -0.807. The fraction of sp³-hybridized carbons (Fsp3) is 0.0625. The van der Waals surface area contributed by atoms with Crippen molar-refractivity contribution in [3.63, 3.8) is 0 Å². The third kappa shape index (κ3) is 2.01. The third-order valence-corrected chi connectivity index (χ3v) is 3.35. The van der Waals surface area contributed by atoms with Crippen LogP contribution in [0.5, 0.6) is 5.75 Å². The van der Waals surface area contributed by atoms with Crippen molar-refractivity contribution in [1.82, 2.24) is 4.57 Å². The Hall–Kier alpha value is -2.75. The molecule has 20 heavy (non-hydrogen) atoms. The Morgan fingerprint density at radius 2 is 1.75 bits per heavy atom. The number of phenols is 1. The van der Waals surface area contributed by atoms with Gasteiger partial charge in [-0.3, -0.25) is 0 Å². The summed E-state index contributed by atoms with van der Waals surface area (Å²) >= 11 is 0. The maximum absolute atomic E-state index is 11.4. The van der Waals surface area contributed by atoms with Crippen LogP contribution in [0.2, 0.25) is 0 Å². The zero-order valence-corrected chi connectivity index (χ0v) is 10.7. The van der Waals surface area contributed by atoms with Crippen molar-refractivity contribution in [1.29, 1.82) is 0 Å². The second kappa shape index (κ2) is 4.74. The number of aromatic hydroxyl groups is 1. The number of carbonyl (C=O) groups is 1. The summed E-state index contributed by atoms with van der Waals surface area (Å²) in [4.78, 5) is 11.4. The first-order valence-electron chi connectivity index (χ1n) is 6.25. The average molecular weight is 267 g/mol. The number of hydrogen-bond donors (Lipinski definition) is 2. The second-order valence-corrected chi connectivity index (χ2v) is 4.61. The summed E-state index contributed by atoms with van der Waals surface area (Å²) < 4.78 is 1.70. The molecule has 1 heterocycles. The van der Waals surface area contributed by atoms with Crippen LogP contribution in [0.25, 0.3) is 10.9 Å². The quantitative estimate of drug-likeness (QED) is 0.766. The highest BCUT2D eigenvalue weighted by molar-refractivity contribution is 5.94. The predicted octanol–water partition coefficient (Wildman–Crippen LogP) is 3.09. The van der Waals surface area contributed by atoms with E-state index in [1.807, 2.05) is 30.3 Å². The van der Waals surface area contributed by atoms with E-state index in [0.717, 1.165) is 10.9 Å². The van der Waals surface area contributed by atoms with Gasteiger partial charge in [0.15, 0.2) is 0 Å². The summed E-state index contributed by atoms with van der Waals surface area (Å²) in [5, 5.41) is 20.1. The highest BCUT2D eigenvalue weighted by Crippen LogP contribution is 2.24. The normalized spacial score (nSPS) is 10.8. The Bertz CT molecular complexity index is 789. The van der Waals surface area contributed by atoms with E-state index >= 15 is 0 Å². The number of carboxylic acids is 1. The van der Waals surface area contributed by atoms with Gasteiger partial charge in [-0.1, -0.05) is 36.4 Å². The molecule has 0 radical (unpaired) electrons. The van der Waals surface area contributed by atoms with E-state index in [1.54, 1.807) is 28.8 Å². The van der Waals surface area contributed by atoms with E-state index in [-0.39, 0.29) is 11.4 Å². The van der Waals surface area contributed by atoms with Gasteiger partial charge < -0.3 is 14.8 Å². The Balaban J connectivity index is 2.17. The number of carboxylic acid groups (broad SMARTS) is 1. The minimum absolute atomic E-state index is 0.168. The minimum atomic E-state index is -0.975. The molecule has 4 nitrogen and oxygen atoms in total. The number of aromatic carboxylic acids is 1. The van der Waals surface area contributed by atoms with Crippen LogP contribution in [-0.2, 0) is 6.54 Å². The number of rotatable bonds is 3. The maximum Gasteiger partial charge on any atom is 0.352 e. The second-order valence-electron chi connectivity index (χ2n) is 4.61. The lowest BCUT2D eigenvalue weighted by molar-refractivity contribution is 0.0686. The van der Waals surface area contributed by atoms with Crippen LogP contribution in [0.3, 0.4) is 0 Å². The van der Waals surface area contributed by atoms with Crippen molar-refractivity contribution in [2.45, 2.75) is 6.54 Å². The first kappa shape index (κ1) is 12.3. The number of phenolic OH excluding ortho intramolecular Hbond substituents is 1. The van der Waals surface area contributed by atoms with Crippen LogP contribution >= 0.6 is 0 Å². The van der Waals surface area contributed by atoms with E-state index in [4.69, 9.17) is 0 Å². The fourth-order valence-corrected chi connectivity index (χ4v) is 2.37. The molecular formula is C16H13NO3. The predicted molar refractivity (Wildman–Crippen MR) is 76.1 cm³/mol. The van der Waals surface area contributed by atoms with Gasteiger partial charge in [-0.2, -0.15) is 0 Å². The molecular weight excluding hydrogens is 254 g/mol. The molecule has 1 aromatic heterocycles. The molecule has 0 unspecified atom stereocenters. The van der Waals surface area contributed by atoms with Crippen LogP contribution in [-0.4, -0.2) is 20.7 Å².